The topological polar surface area (TPSA) is 61.8 Å². The van der Waals surface area contributed by atoms with E-state index >= 15 is 0 Å². The maximum atomic E-state index is 12.4. The Kier molecular flexibility index (Phi) is 6.09. The van der Waals surface area contributed by atoms with E-state index in [0.717, 1.165) is 11.3 Å². The maximum absolute atomic E-state index is 12.4. The van der Waals surface area contributed by atoms with E-state index in [4.69, 9.17) is 14.2 Å². The summed E-state index contributed by atoms with van der Waals surface area (Å²) < 4.78 is 40.4. The summed E-state index contributed by atoms with van der Waals surface area (Å²) in [5, 5.41) is 1.21. The van der Waals surface area contributed by atoms with Crippen molar-refractivity contribution < 1.29 is 22.6 Å². The van der Waals surface area contributed by atoms with Crippen LogP contribution in [0.3, 0.4) is 0 Å². The Morgan fingerprint density at radius 1 is 0.920 bits per heavy atom. The highest BCUT2D eigenvalue weighted by atomic mass is 32.2. The molecule has 2 aromatic carbocycles. The Hall–Kier alpha value is -2.47. The van der Waals surface area contributed by atoms with Gasteiger partial charge in [-0.05, 0) is 42.3 Å². The number of hydrogen-bond acceptors (Lipinski definition) is 5. The minimum absolute atomic E-state index is 0.0766. The summed E-state index contributed by atoms with van der Waals surface area (Å²) in [6.45, 7) is 1.88. The van der Waals surface area contributed by atoms with Crippen molar-refractivity contribution in [3.8, 4) is 17.2 Å². The molecule has 0 atom stereocenters. The zero-order valence-corrected chi connectivity index (χ0v) is 15.6. The molecule has 25 heavy (non-hydrogen) atoms. The molecule has 0 heterocycles. The minimum atomic E-state index is -3.42. The number of sulfone groups is 1. The molecule has 2 rings (SSSR count). The normalized spacial score (nSPS) is 11.5. The van der Waals surface area contributed by atoms with Gasteiger partial charge in [0.2, 0.25) is 0 Å². The first-order valence-corrected chi connectivity index (χ1v) is 9.36. The molecule has 0 bridgehead atoms. The lowest BCUT2D eigenvalue weighted by molar-refractivity contribution is 0.394. The molecule has 0 amide bonds. The van der Waals surface area contributed by atoms with Crippen LogP contribution in [0.15, 0.2) is 41.8 Å². The van der Waals surface area contributed by atoms with Gasteiger partial charge in [0.25, 0.3) is 0 Å². The highest BCUT2D eigenvalue weighted by molar-refractivity contribution is 7.93. The maximum Gasteiger partial charge on any atom is 0.175 e. The lowest BCUT2D eigenvalue weighted by Gasteiger charge is -2.08. The van der Waals surface area contributed by atoms with E-state index in [1.165, 1.54) is 18.6 Å². The molecule has 2 aromatic rings. The molecule has 0 unspecified atom stereocenters. The minimum Gasteiger partial charge on any atom is -0.497 e. The molecule has 5 nitrogen and oxygen atoms in total. The summed E-state index contributed by atoms with van der Waals surface area (Å²) in [6.07, 6.45) is 1.53. The van der Waals surface area contributed by atoms with Gasteiger partial charge < -0.3 is 14.2 Å². The third-order valence-corrected chi connectivity index (χ3v) is 5.01. The lowest BCUT2D eigenvalue weighted by Crippen LogP contribution is -2.01. The van der Waals surface area contributed by atoms with Gasteiger partial charge in [0.05, 0.1) is 27.1 Å². The Labute approximate surface area is 148 Å². The van der Waals surface area contributed by atoms with Crippen LogP contribution < -0.4 is 14.2 Å². The van der Waals surface area contributed by atoms with Gasteiger partial charge in [-0.15, -0.1) is 0 Å². The molecule has 134 valence electrons. The number of aryl methyl sites for hydroxylation is 1. The second kappa shape index (κ2) is 8.07. The second-order valence-corrected chi connectivity index (χ2v) is 7.41. The predicted molar refractivity (Wildman–Crippen MR) is 98.9 cm³/mol. The summed E-state index contributed by atoms with van der Waals surface area (Å²) >= 11 is 0. The number of benzene rings is 2. The smallest absolute Gasteiger partial charge is 0.175 e. The Bertz CT molecular complexity index is 869. The predicted octanol–water partition coefficient (Wildman–Crippen LogP) is 3.61. The fourth-order valence-electron chi connectivity index (χ4n) is 2.44. The van der Waals surface area contributed by atoms with Crippen LogP contribution in [0.25, 0.3) is 6.08 Å². The molecule has 0 aliphatic rings. The average Bonchev–Trinajstić information content (AvgIpc) is 2.59. The van der Waals surface area contributed by atoms with Crippen LogP contribution in [0, 0.1) is 6.92 Å². The molecule has 0 aliphatic heterocycles. The van der Waals surface area contributed by atoms with Gasteiger partial charge in [0, 0.05) is 17.0 Å². The van der Waals surface area contributed by atoms with Gasteiger partial charge in [-0.2, -0.15) is 0 Å². The van der Waals surface area contributed by atoms with Crippen LogP contribution >= 0.6 is 0 Å². The molecular weight excluding hydrogens is 340 g/mol. The number of ether oxygens (including phenoxy) is 3. The monoisotopic (exact) mass is 362 g/mol. The van der Waals surface area contributed by atoms with Crippen LogP contribution in [0.2, 0.25) is 0 Å². The first kappa shape index (κ1) is 18.9. The van der Waals surface area contributed by atoms with Crippen molar-refractivity contribution in [3.05, 3.63) is 58.5 Å². The molecule has 0 N–H and O–H groups in total. The van der Waals surface area contributed by atoms with Crippen LogP contribution in [0.5, 0.6) is 17.2 Å². The average molecular weight is 362 g/mol. The third kappa shape index (κ3) is 5.00. The van der Waals surface area contributed by atoms with Gasteiger partial charge in [-0.3, -0.25) is 0 Å². The van der Waals surface area contributed by atoms with Crippen molar-refractivity contribution in [1.29, 1.82) is 0 Å². The highest BCUT2D eigenvalue weighted by Gasteiger charge is 2.10. The van der Waals surface area contributed by atoms with Gasteiger partial charge in [-0.1, -0.05) is 12.1 Å². The van der Waals surface area contributed by atoms with Crippen molar-refractivity contribution >= 4 is 15.9 Å². The largest absolute Gasteiger partial charge is 0.497 e. The summed E-state index contributed by atoms with van der Waals surface area (Å²) in [7, 11) is 1.26. The molecule has 0 aromatic heterocycles. The molecule has 0 radical (unpaired) electrons. The first-order valence-electron chi connectivity index (χ1n) is 7.65. The summed E-state index contributed by atoms with van der Waals surface area (Å²) in [4.78, 5) is 0. The zero-order valence-electron chi connectivity index (χ0n) is 14.8. The van der Waals surface area contributed by atoms with Gasteiger partial charge in [0.15, 0.2) is 9.84 Å². The van der Waals surface area contributed by atoms with Crippen molar-refractivity contribution in [3.63, 3.8) is 0 Å². The summed E-state index contributed by atoms with van der Waals surface area (Å²) in [6, 6.07) is 10.6. The van der Waals surface area contributed by atoms with E-state index in [0.29, 0.717) is 22.6 Å². The van der Waals surface area contributed by atoms with Crippen molar-refractivity contribution in [2.24, 2.45) is 0 Å². The van der Waals surface area contributed by atoms with E-state index in [9.17, 15) is 8.42 Å². The van der Waals surface area contributed by atoms with Crippen molar-refractivity contribution in [2.75, 3.05) is 21.3 Å². The Morgan fingerprint density at radius 2 is 1.64 bits per heavy atom. The quantitative estimate of drug-likeness (QED) is 0.753. The second-order valence-electron chi connectivity index (χ2n) is 5.52. The standard InChI is InChI=1S/C19H22O5S/c1-14-11-15(5-8-18(14)23-3)13-25(20,21)10-9-16-6-7-17(22-2)12-19(16)24-4/h5-12H,13H2,1-4H3. The van der Waals surface area contributed by atoms with E-state index in [-0.39, 0.29) is 5.75 Å². The molecule has 6 heteroatoms. The Balaban J connectivity index is 2.21. The zero-order chi connectivity index (χ0) is 18.4. The number of hydrogen-bond donors (Lipinski definition) is 0. The highest BCUT2D eigenvalue weighted by Crippen LogP contribution is 2.26. The molecule has 0 fully saturated rings. The number of methoxy groups -OCH3 is 3. The SMILES string of the molecule is COc1ccc(C=CS(=O)(=O)Cc2ccc(OC)c(C)c2)c(OC)c1. The first-order chi connectivity index (χ1) is 11.9. The van der Waals surface area contributed by atoms with Crippen LogP contribution in [0.4, 0.5) is 0 Å². The van der Waals surface area contributed by atoms with Gasteiger partial charge in [0.1, 0.15) is 17.2 Å². The van der Waals surface area contributed by atoms with Crippen LogP contribution in [0.1, 0.15) is 16.7 Å². The number of rotatable bonds is 7. The third-order valence-electron chi connectivity index (χ3n) is 3.72. The molecule has 0 spiro atoms. The van der Waals surface area contributed by atoms with E-state index in [1.54, 1.807) is 44.6 Å². The van der Waals surface area contributed by atoms with Crippen LogP contribution in [-0.2, 0) is 15.6 Å². The van der Waals surface area contributed by atoms with E-state index in [1.807, 2.05) is 13.0 Å². The fourth-order valence-corrected chi connectivity index (χ4v) is 3.54. The molecule has 0 saturated heterocycles. The van der Waals surface area contributed by atoms with Gasteiger partial charge in [-0.25, -0.2) is 8.42 Å². The van der Waals surface area contributed by atoms with E-state index < -0.39 is 9.84 Å². The fraction of sp³-hybridized carbons (Fsp3) is 0.263. The van der Waals surface area contributed by atoms with Gasteiger partial charge >= 0.3 is 0 Å². The van der Waals surface area contributed by atoms with Crippen molar-refractivity contribution in [2.45, 2.75) is 12.7 Å². The Morgan fingerprint density at radius 3 is 2.24 bits per heavy atom. The molecule has 0 saturated carbocycles. The van der Waals surface area contributed by atoms with Crippen LogP contribution in [-0.4, -0.2) is 29.7 Å². The van der Waals surface area contributed by atoms with E-state index in [2.05, 4.69) is 0 Å². The lowest BCUT2D eigenvalue weighted by atomic mass is 10.1. The van der Waals surface area contributed by atoms with Crippen molar-refractivity contribution in [1.82, 2.24) is 0 Å². The molecule has 0 aliphatic carbocycles. The summed E-state index contributed by atoms with van der Waals surface area (Å²) in [5.41, 5.74) is 2.28. The molecular formula is C19H22O5S. The summed E-state index contributed by atoms with van der Waals surface area (Å²) in [5.74, 6) is 1.85.